The molecule has 0 aliphatic carbocycles. The number of aromatic hydroxyl groups is 1. The van der Waals surface area contributed by atoms with Gasteiger partial charge in [-0.05, 0) is 35.9 Å². The Morgan fingerprint density at radius 3 is 2.53 bits per heavy atom. The van der Waals surface area contributed by atoms with Crippen molar-refractivity contribution in [1.29, 1.82) is 0 Å². The zero-order valence-electron chi connectivity index (χ0n) is 9.04. The lowest BCUT2D eigenvalue weighted by Gasteiger charge is -2.03. The van der Waals surface area contributed by atoms with E-state index in [9.17, 15) is 5.11 Å². The van der Waals surface area contributed by atoms with E-state index in [0.29, 0.717) is 0 Å². The van der Waals surface area contributed by atoms with E-state index in [1.165, 1.54) is 0 Å². The van der Waals surface area contributed by atoms with Gasteiger partial charge in [0, 0.05) is 35.6 Å². The van der Waals surface area contributed by atoms with Crippen molar-refractivity contribution < 1.29 is 5.11 Å². The van der Waals surface area contributed by atoms with E-state index in [4.69, 9.17) is 0 Å². The van der Waals surface area contributed by atoms with Crippen LogP contribution < -0.4 is 0 Å². The highest BCUT2D eigenvalue weighted by molar-refractivity contribution is 5.84. The van der Waals surface area contributed by atoms with Gasteiger partial charge in [-0.15, -0.1) is 0 Å². The van der Waals surface area contributed by atoms with E-state index in [1.54, 1.807) is 30.7 Å². The highest BCUT2D eigenvalue weighted by Crippen LogP contribution is 2.24. The fraction of sp³-hybridized carbons (Fsp3) is 0. The van der Waals surface area contributed by atoms with E-state index in [-0.39, 0.29) is 5.75 Å². The molecule has 82 valence electrons. The standard InChI is InChI=1S/C14H10N2O/c17-13-2-1-11-7-12(9-16-14(11)8-13)10-3-5-15-6-4-10/h1-9,17H. The average molecular weight is 222 g/mol. The summed E-state index contributed by atoms with van der Waals surface area (Å²) in [5.41, 5.74) is 2.93. The van der Waals surface area contributed by atoms with Crippen molar-refractivity contribution >= 4 is 10.9 Å². The minimum atomic E-state index is 0.238. The molecule has 3 heteroatoms. The Bertz CT molecular complexity index is 665. The largest absolute Gasteiger partial charge is 0.508 e. The molecule has 0 atom stereocenters. The van der Waals surface area contributed by atoms with E-state index in [1.807, 2.05) is 18.2 Å². The smallest absolute Gasteiger partial charge is 0.117 e. The van der Waals surface area contributed by atoms with Crippen molar-refractivity contribution in [3.63, 3.8) is 0 Å². The van der Waals surface area contributed by atoms with Crippen molar-refractivity contribution in [2.75, 3.05) is 0 Å². The molecule has 0 radical (unpaired) electrons. The number of aromatic nitrogens is 2. The Hall–Kier alpha value is -2.42. The Morgan fingerprint density at radius 2 is 1.71 bits per heavy atom. The molecule has 0 spiro atoms. The second-order valence-electron chi connectivity index (χ2n) is 3.84. The molecule has 2 aromatic heterocycles. The zero-order valence-corrected chi connectivity index (χ0v) is 9.04. The first-order valence-corrected chi connectivity index (χ1v) is 5.32. The van der Waals surface area contributed by atoms with Crippen LogP contribution in [0, 0.1) is 0 Å². The number of phenolic OH excluding ortho intramolecular Hbond substituents is 1. The molecule has 0 unspecified atom stereocenters. The maximum absolute atomic E-state index is 9.37. The highest BCUT2D eigenvalue weighted by Gasteiger charge is 2.01. The molecule has 3 aromatic rings. The third-order valence-electron chi connectivity index (χ3n) is 2.68. The lowest BCUT2D eigenvalue weighted by atomic mass is 10.1. The molecule has 3 rings (SSSR count). The molecule has 1 N–H and O–H groups in total. The lowest BCUT2D eigenvalue weighted by Crippen LogP contribution is -1.83. The van der Waals surface area contributed by atoms with Crippen molar-refractivity contribution in [1.82, 2.24) is 9.97 Å². The quantitative estimate of drug-likeness (QED) is 0.688. The molecule has 0 saturated heterocycles. The van der Waals surface area contributed by atoms with Crippen LogP contribution in [0.25, 0.3) is 22.0 Å². The summed E-state index contributed by atoms with van der Waals surface area (Å²) in [4.78, 5) is 8.33. The van der Waals surface area contributed by atoms with Crippen molar-refractivity contribution in [3.05, 3.63) is 55.0 Å². The first-order valence-electron chi connectivity index (χ1n) is 5.32. The van der Waals surface area contributed by atoms with Crippen LogP contribution in [0.15, 0.2) is 55.0 Å². The van der Waals surface area contributed by atoms with Gasteiger partial charge in [0.25, 0.3) is 0 Å². The topological polar surface area (TPSA) is 46.0 Å². The zero-order chi connectivity index (χ0) is 11.7. The second kappa shape index (κ2) is 3.87. The average Bonchev–Trinajstić information content (AvgIpc) is 2.39. The Labute approximate surface area is 98.4 Å². The molecule has 0 bridgehead atoms. The first-order chi connectivity index (χ1) is 8.33. The van der Waals surface area contributed by atoms with Crippen molar-refractivity contribution in [3.8, 4) is 16.9 Å². The molecule has 0 aliphatic heterocycles. The number of fused-ring (bicyclic) bond motifs is 1. The maximum Gasteiger partial charge on any atom is 0.117 e. The molecular weight excluding hydrogens is 212 g/mol. The predicted octanol–water partition coefficient (Wildman–Crippen LogP) is 3.00. The third kappa shape index (κ3) is 1.83. The molecular formula is C14H10N2O. The normalized spacial score (nSPS) is 10.6. The summed E-state index contributed by atoms with van der Waals surface area (Å²) < 4.78 is 0. The van der Waals surface area contributed by atoms with Gasteiger partial charge in [-0.25, -0.2) is 0 Å². The van der Waals surface area contributed by atoms with E-state index in [2.05, 4.69) is 16.0 Å². The minimum Gasteiger partial charge on any atom is -0.508 e. The summed E-state index contributed by atoms with van der Waals surface area (Å²) in [6, 6.07) is 11.1. The molecule has 1 aromatic carbocycles. The second-order valence-corrected chi connectivity index (χ2v) is 3.84. The first kappa shape index (κ1) is 9.78. The van der Waals surface area contributed by atoms with Gasteiger partial charge in [0.05, 0.1) is 5.52 Å². The van der Waals surface area contributed by atoms with Crippen LogP contribution in [0.4, 0.5) is 0 Å². The molecule has 0 saturated carbocycles. The fourth-order valence-electron chi connectivity index (χ4n) is 1.81. The van der Waals surface area contributed by atoms with Gasteiger partial charge < -0.3 is 5.11 Å². The van der Waals surface area contributed by atoms with E-state index < -0.39 is 0 Å². The predicted molar refractivity (Wildman–Crippen MR) is 66.6 cm³/mol. The molecule has 3 nitrogen and oxygen atoms in total. The lowest BCUT2D eigenvalue weighted by molar-refractivity contribution is 0.476. The number of pyridine rings is 2. The van der Waals surface area contributed by atoms with Gasteiger partial charge in [0.1, 0.15) is 5.75 Å². The SMILES string of the molecule is Oc1ccc2cc(-c3ccncc3)cnc2c1. The van der Waals surface area contributed by atoms with Crippen LogP contribution in [-0.4, -0.2) is 15.1 Å². The van der Waals surface area contributed by atoms with E-state index >= 15 is 0 Å². The number of rotatable bonds is 1. The van der Waals surface area contributed by atoms with Gasteiger partial charge in [-0.3, -0.25) is 9.97 Å². The summed E-state index contributed by atoms with van der Waals surface area (Å²) in [7, 11) is 0. The van der Waals surface area contributed by atoms with Gasteiger partial charge in [0.2, 0.25) is 0 Å². The third-order valence-corrected chi connectivity index (χ3v) is 2.68. The van der Waals surface area contributed by atoms with Crippen LogP contribution >= 0.6 is 0 Å². The Balaban J connectivity index is 2.17. The van der Waals surface area contributed by atoms with Crippen LogP contribution in [0.1, 0.15) is 0 Å². The monoisotopic (exact) mass is 222 g/mol. The summed E-state index contributed by atoms with van der Waals surface area (Å²) >= 11 is 0. The van der Waals surface area contributed by atoms with Gasteiger partial charge in [-0.2, -0.15) is 0 Å². The van der Waals surface area contributed by atoms with Crippen LogP contribution in [0.5, 0.6) is 5.75 Å². The summed E-state index contributed by atoms with van der Waals surface area (Å²) in [6.45, 7) is 0. The van der Waals surface area contributed by atoms with Crippen LogP contribution in [0.3, 0.4) is 0 Å². The number of hydrogen-bond donors (Lipinski definition) is 1. The highest BCUT2D eigenvalue weighted by atomic mass is 16.3. The molecule has 0 aliphatic rings. The number of benzene rings is 1. The summed E-state index contributed by atoms with van der Waals surface area (Å²) in [6.07, 6.45) is 5.32. The maximum atomic E-state index is 9.37. The summed E-state index contributed by atoms with van der Waals surface area (Å²) in [5, 5.41) is 10.4. The van der Waals surface area contributed by atoms with Crippen LogP contribution in [0.2, 0.25) is 0 Å². The molecule has 17 heavy (non-hydrogen) atoms. The molecule has 0 fully saturated rings. The number of phenols is 1. The minimum absolute atomic E-state index is 0.238. The Kier molecular flexibility index (Phi) is 2.22. The summed E-state index contributed by atoms with van der Waals surface area (Å²) in [5.74, 6) is 0.238. The van der Waals surface area contributed by atoms with E-state index in [0.717, 1.165) is 22.0 Å². The number of nitrogens with zero attached hydrogens (tertiary/aromatic N) is 2. The van der Waals surface area contributed by atoms with Gasteiger partial charge in [0.15, 0.2) is 0 Å². The Morgan fingerprint density at radius 1 is 0.882 bits per heavy atom. The van der Waals surface area contributed by atoms with Gasteiger partial charge in [-0.1, -0.05) is 0 Å². The molecule has 0 amide bonds. The number of hydrogen-bond acceptors (Lipinski definition) is 3. The molecule has 2 heterocycles. The van der Waals surface area contributed by atoms with Crippen LogP contribution in [-0.2, 0) is 0 Å². The van der Waals surface area contributed by atoms with Gasteiger partial charge >= 0.3 is 0 Å². The fourth-order valence-corrected chi connectivity index (χ4v) is 1.81. The van der Waals surface area contributed by atoms with Crippen molar-refractivity contribution in [2.24, 2.45) is 0 Å². The van der Waals surface area contributed by atoms with Crippen molar-refractivity contribution in [2.45, 2.75) is 0 Å².